The number of carbonyl (C=O) groups is 1. The first-order chi connectivity index (χ1) is 8.97. The van der Waals surface area contributed by atoms with Gasteiger partial charge in [0.15, 0.2) is 0 Å². The van der Waals surface area contributed by atoms with Gasteiger partial charge in [-0.1, -0.05) is 50.1 Å². The molecule has 3 heteroatoms. The quantitative estimate of drug-likeness (QED) is 0.651. The van der Waals surface area contributed by atoms with E-state index in [1.54, 1.807) is 18.2 Å². The van der Waals surface area contributed by atoms with E-state index in [9.17, 15) is 13.6 Å². The Hall–Kier alpha value is -1.25. The number of ketones is 1. The number of carbonyl (C=O) groups excluding carboxylic acids is 1. The van der Waals surface area contributed by atoms with Gasteiger partial charge in [-0.05, 0) is 19.8 Å². The molecule has 19 heavy (non-hydrogen) atoms. The van der Waals surface area contributed by atoms with Gasteiger partial charge in [-0.15, -0.1) is 0 Å². The summed E-state index contributed by atoms with van der Waals surface area (Å²) in [5, 5.41) is 0. The third kappa shape index (κ3) is 5.09. The molecular formula is C16H22F2O. The number of alkyl halides is 2. The normalized spacial score (nSPS) is 13.3. The van der Waals surface area contributed by atoms with Gasteiger partial charge in [0, 0.05) is 17.9 Å². The Bertz CT molecular complexity index is 387. The van der Waals surface area contributed by atoms with Crippen molar-refractivity contribution in [1.82, 2.24) is 0 Å². The molecule has 1 rings (SSSR count). The first-order valence-corrected chi connectivity index (χ1v) is 6.91. The summed E-state index contributed by atoms with van der Waals surface area (Å²) in [6.07, 6.45) is 2.62. The predicted octanol–water partition coefficient (Wildman–Crippen LogP) is 4.95. The average molecular weight is 268 g/mol. The zero-order valence-electron chi connectivity index (χ0n) is 11.7. The van der Waals surface area contributed by atoms with Crippen LogP contribution < -0.4 is 0 Å². The van der Waals surface area contributed by atoms with Crippen LogP contribution in [-0.4, -0.2) is 5.78 Å². The Morgan fingerprint density at radius 1 is 1.21 bits per heavy atom. The lowest BCUT2D eigenvalue weighted by Crippen LogP contribution is -2.18. The third-order valence-corrected chi connectivity index (χ3v) is 3.48. The second-order valence-corrected chi connectivity index (χ2v) is 5.06. The van der Waals surface area contributed by atoms with E-state index >= 15 is 0 Å². The standard InChI is InChI=1S/C16H22F2O/c1-3-4-8-14(13(2)19)11-12-16(17,18)15-9-6-5-7-10-15/h5-7,9-10,14H,3-4,8,11-12H2,1-2H3. The Morgan fingerprint density at radius 3 is 2.37 bits per heavy atom. The van der Waals surface area contributed by atoms with E-state index in [0.717, 1.165) is 19.3 Å². The number of unbranched alkanes of at least 4 members (excludes halogenated alkanes) is 1. The van der Waals surface area contributed by atoms with Crippen molar-refractivity contribution in [3.05, 3.63) is 35.9 Å². The van der Waals surface area contributed by atoms with Crippen LogP contribution in [0.1, 0.15) is 51.5 Å². The molecule has 0 saturated carbocycles. The first kappa shape index (κ1) is 15.8. The largest absolute Gasteiger partial charge is 0.300 e. The van der Waals surface area contributed by atoms with E-state index < -0.39 is 5.92 Å². The van der Waals surface area contributed by atoms with E-state index in [1.165, 1.54) is 19.1 Å². The van der Waals surface area contributed by atoms with Gasteiger partial charge in [-0.3, -0.25) is 4.79 Å². The maximum absolute atomic E-state index is 14.0. The van der Waals surface area contributed by atoms with E-state index in [0.29, 0.717) is 0 Å². The van der Waals surface area contributed by atoms with Gasteiger partial charge in [-0.25, -0.2) is 8.78 Å². The number of rotatable bonds is 8. The van der Waals surface area contributed by atoms with Crippen LogP contribution in [0.2, 0.25) is 0 Å². The molecule has 1 aromatic carbocycles. The van der Waals surface area contributed by atoms with E-state index in [-0.39, 0.29) is 30.1 Å². The molecule has 0 fully saturated rings. The zero-order valence-corrected chi connectivity index (χ0v) is 11.7. The Balaban J connectivity index is 2.60. The van der Waals surface area contributed by atoms with Crippen molar-refractivity contribution in [1.29, 1.82) is 0 Å². The fourth-order valence-electron chi connectivity index (χ4n) is 2.18. The van der Waals surface area contributed by atoms with Crippen LogP contribution >= 0.6 is 0 Å². The van der Waals surface area contributed by atoms with Crippen LogP contribution in [0.5, 0.6) is 0 Å². The Morgan fingerprint density at radius 2 is 1.84 bits per heavy atom. The van der Waals surface area contributed by atoms with Crippen molar-refractivity contribution in [2.45, 2.75) is 51.9 Å². The Labute approximate surface area is 114 Å². The number of Topliss-reactive ketones (excluding diaryl/α,β-unsaturated/α-hetero) is 1. The molecule has 1 atom stereocenters. The van der Waals surface area contributed by atoms with Crippen LogP contribution in [0.4, 0.5) is 8.78 Å². The SMILES string of the molecule is CCCCC(CCC(F)(F)c1ccccc1)C(C)=O. The van der Waals surface area contributed by atoms with E-state index in [1.807, 2.05) is 6.92 Å². The van der Waals surface area contributed by atoms with Gasteiger partial charge < -0.3 is 0 Å². The smallest absolute Gasteiger partial charge is 0.273 e. The van der Waals surface area contributed by atoms with Gasteiger partial charge in [-0.2, -0.15) is 0 Å². The number of halogens is 2. The van der Waals surface area contributed by atoms with Gasteiger partial charge in [0.05, 0.1) is 0 Å². The lowest BCUT2D eigenvalue weighted by atomic mass is 9.90. The fraction of sp³-hybridized carbons (Fsp3) is 0.562. The topological polar surface area (TPSA) is 17.1 Å². The summed E-state index contributed by atoms with van der Waals surface area (Å²) in [5.74, 6) is -3.05. The molecule has 0 radical (unpaired) electrons. The maximum Gasteiger partial charge on any atom is 0.273 e. The average Bonchev–Trinajstić information content (AvgIpc) is 2.39. The van der Waals surface area contributed by atoms with Crippen molar-refractivity contribution in [3.8, 4) is 0 Å². The summed E-state index contributed by atoms with van der Waals surface area (Å²) in [5.41, 5.74) is 0.0350. The first-order valence-electron chi connectivity index (χ1n) is 6.91. The summed E-state index contributed by atoms with van der Waals surface area (Å²) in [7, 11) is 0. The number of hydrogen-bond donors (Lipinski definition) is 0. The van der Waals surface area contributed by atoms with Gasteiger partial charge in [0.2, 0.25) is 0 Å². The molecule has 0 aliphatic rings. The molecule has 1 unspecified atom stereocenters. The number of benzene rings is 1. The molecule has 0 bridgehead atoms. The minimum absolute atomic E-state index is 0.0253. The molecule has 0 saturated heterocycles. The third-order valence-electron chi connectivity index (χ3n) is 3.48. The highest BCUT2D eigenvalue weighted by Crippen LogP contribution is 2.34. The molecule has 1 nitrogen and oxygen atoms in total. The minimum Gasteiger partial charge on any atom is -0.300 e. The monoisotopic (exact) mass is 268 g/mol. The molecule has 0 spiro atoms. The van der Waals surface area contributed by atoms with E-state index in [2.05, 4.69) is 0 Å². The lowest BCUT2D eigenvalue weighted by Gasteiger charge is -2.20. The molecule has 0 heterocycles. The van der Waals surface area contributed by atoms with Crippen LogP contribution in [0.3, 0.4) is 0 Å². The van der Waals surface area contributed by atoms with Crippen LogP contribution in [0.25, 0.3) is 0 Å². The van der Waals surface area contributed by atoms with Crippen molar-refractivity contribution in [2.75, 3.05) is 0 Å². The molecule has 1 aromatic rings. The second kappa shape index (κ2) is 7.37. The molecule has 0 amide bonds. The highest BCUT2D eigenvalue weighted by atomic mass is 19.3. The molecule has 106 valence electrons. The highest BCUT2D eigenvalue weighted by molar-refractivity contribution is 5.78. The van der Waals surface area contributed by atoms with Crippen LogP contribution in [0.15, 0.2) is 30.3 Å². The molecule has 0 aromatic heterocycles. The lowest BCUT2D eigenvalue weighted by molar-refractivity contribution is -0.121. The van der Waals surface area contributed by atoms with Gasteiger partial charge in [0.1, 0.15) is 5.78 Å². The molecular weight excluding hydrogens is 246 g/mol. The van der Waals surface area contributed by atoms with Crippen molar-refractivity contribution in [3.63, 3.8) is 0 Å². The van der Waals surface area contributed by atoms with Crippen LogP contribution in [0, 0.1) is 5.92 Å². The molecule has 0 aliphatic heterocycles. The minimum atomic E-state index is -2.85. The summed E-state index contributed by atoms with van der Waals surface area (Å²) in [6.45, 7) is 3.54. The summed E-state index contributed by atoms with van der Waals surface area (Å²) in [6, 6.07) is 7.83. The molecule has 0 aliphatic carbocycles. The second-order valence-electron chi connectivity index (χ2n) is 5.06. The summed E-state index contributed by atoms with van der Waals surface area (Å²) >= 11 is 0. The highest BCUT2D eigenvalue weighted by Gasteiger charge is 2.32. The van der Waals surface area contributed by atoms with E-state index in [4.69, 9.17) is 0 Å². The maximum atomic E-state index is 14.0. The predicted molar refractivity (Wildman–Crippen MR) is 73.3 cm³/mol. The van der Waals surface area contributed by atoms with Crippen molar-refractivity contribution < 1.29 is 13.6 Å². The van der Waals surface area contributed by atoms with Crippen molar-refractivity contribution >= 4 is 5.78 Å². The number of hydrogen-bond acceptors (Lipinski definition) is 1. The zero-order chi connectivity index (χ0) is 14.3. The van der Waals surface area contributed by atoms with Gasteiger partial charge >= 0.3 is 0 Å². The van der Waals surface area contributed by atoms with Gasteiger partial charge in [0.25, 0.3) is 5.92 Å². The summed E-state index contributed by atoms with van der Waals surface area (Å²) < 4.78 is 28.0. The fourth-order valence-corrected chi connectivity index (χ4v) is 2.18. The van der Waals surface area contributed by atoms with Crippen molar-refractivity contribution in [2.24, 2.45) is 5.92 Å². The summed E-state index contributed by atoms with van der Waals surface area (Å²) in [4.78, 5) is 11.5. The van der Waals surface area contributed by atoms with Crippen LogP contribution in [-0.2, 0) is 10.7 Å². The Kier molecular flexibility index (Phi) is 6.13. The molecule has 0 N–H and O–H groups in total.